The minimum Gasteiger partial charge on any atom is -0.310 e. The van der Waals surface area contributed by atoms with Crippen molar-refractivity contribution in [3.05, 3.63) is 30.3 Å². The molecule has 4 heteroatoms. The van der Waals surface area contributed by atoms with Gasteiger partial charge in [0, 0.05) is 55.5 Å². The Kier molecular flexibility index (Phi) is 9.32. The molecule has 1 unspecified atom stereocenters. The lowest BCUT2D eigenvalue weighted by Crippen LogP contribution is -2.52. The molecule has 0 saturated carbocycles. The highest BCUT2D eigenvalue weighted by Gasteiger charge is 2.20. The van der Waals surface area contributed by atoms with Gasteiger partial charge in [0.05, 0.1) is 0 Å². The molecule has 0 bridgehead atoms. The van der Waals surface area contributed by atoms with E-state index in [2.05, 4.69) is 73.1 Å². The van der Waals surface area contributed by atoms with Crippen molar-refractivity contribution in [1.82, 2.24) is 15.1 Å². The number of nitrogens with one attached hydrogen (secondary N) is 1. The molecule has 25 heavy (non-hydrogen) atoms. The molecule has 1 fully saturated rings. The minimum atomic E-state index is 0.536. The first-order chi connectivity index (χ1) is 12.0. The second kappa shape index (κ2) is 11.2. The summed E-state index contributed by atoms with van der Waals surface area (Å²) in [5.74, 6) is 1.95. The Morgan fingerprint density at radius 2 is 1.60 bits per heavy atom. The molecule has 2 rings (SSSR count). The highest BCUT2D eigenvalue weighted by atomic mass is 32.2. The number of hydrogen-bond acceptors (Lipinski definition) is 4. The van der Waals surface area contributed by atoms with Crippen molar-refractivity contribution in [2.24, 2.45) is 5.92 Å². The smallest absolute Gasteiger partial charge is 0.0291 e. The van der Waals surface area contributed by atoms with Crippen molar-refractivity contribution in [2.45, 2.75) is 51.1 Å². The third-order valence-electron chi connectivity index (χ3n) is 4.73. The number of piperazine rings is 1. The second-order valence-corrected chi connectivity index (χ2v) is 9.06. The summed E-state index contributed by atoms with van der Waals surface area (Å²) in [5.41, 5.74) is 0. The number of nitrogens with zero attached hydrogens (tertiary/aromatic N) is 2. The summed E-state index contributed by atoms with van der Waals surface area (Å²) in [4.78, 5) is 6.66. The molecule has 0 aliphatic carbocycles. The summed E-state index contributed by atoms with van der Waals surface area (Å²) < 4.78 is 0. The molecule has 1 aromatic carbocycles. The molecule has 142 valence electrons. The molecule has 1 N–H and O–H groups in total. The number of hydrogen-bond donors (Lipinski definition) is 1. The fraction of sp³-hybridized carbons (Fsp3) is 0.714. The van der Waals surface area contributed by atoms with E-state index in [0.717, 1.165) is 18.2 Å². The van der Waals surface area contributed by atoms with E-state index in [4.69, 9.17) is 0 Å². The summed E-state index contributed by atoms with van der Waals surface area (Å²) in [6.45, 7) is 16.5. The first kappa shape index (κ1) is 20.8. The molecule has 0 spiro atoms. The Hall–Kier alpha value is -0.550. The number of rotatable bonds is 10. The number of benzene rings is 1. The van der Waals surface area contributed by atoms with Gasteiger partial charge in [0.2, 0.25) is 0 Å². The number of thioether (sulfide) groups is 1. The highest BCUT2D eigenvalue weighted by Crippen LogP contribution is 2.19. The fourth-order valence-corrected chi connectivity index (χ4v) is 4.23. The molecule has 0 amide bonds. The van der Waals surface area contributed by atoms with Gasteiger partial charge in [-0.15, -0.1) is 11.8 Å². The van der Waals surface area contributed by atoms with E-state index in [0.29, 0.717) is 12.1 Å². The van der Waals surface area contributed by atoms with E-state index >= 15 is 0 Å². The van der Waals surface area contributed by atoms with E-state index in [-0.39, 0.29) is 0 Å². The van der Waals surface area contributed by atoms with Crippen molar-refractivity contribution in [1.29, 1.82) is 0 Å². The average molecular weight is 364 g/mol. The summed E-state index contributed by atoms with van der Waals surface area (Å²) in [5, 5.41) is 3.77. The standard InChI is InChI=1S/C21H37N3S/c1-18(2)10-11-23-12-14-24(15-13-23)16-20(22-19(3)4)17-25-21-8-6-5-7-9-21/h5-9,18-20,22H,10-17H2,1-4H3. The lowest BCUT2D eigenvalue weighted by atomic mass is 10.1. The first-order valence-corrected chi connectivity index (χ1v) is 10.9. The first-order valence-electron chi connectivity index (χ1n) is 9.91. The van der Waals surface area contributed by atoms with Crippen LogP contribution in [-0.2, 0) is 0 Å². The predicted molar refractivity (Wildman–Crippen MR) is 112 cm³/mol. The molecule has 0 radical (unpaired) electrons. The molecule has 3 nitrogen and oxygen atoms in total. The van der Waals surface area contributed by atoms with Crippen LogP contribution in [0.4, 0.5) is 0 Å². The van der Waals surface area contributed by atoms with E-state index in [1.807, 2.05) is 11.8 Å². The van der Waals surface area contributed by atoms with E-state index in [1.54, 1.807) is 0 Å². The maximum atomic E-state index is 3.77. The Balaban J connectivity index is 1.75. The molecule has 1 heterocycles. The van der Waals surface area contributed by atoms with Gasteiger partial charge in [-0.05, 0) is 31.0 Å². The summed E-state index contributed by atoms with van der Waals surface area (Å²) >= 11 is 1.97. The van der Waals surface area contributed by atoms with Crippen LogP contribution >= 0.6 is 11.8 Å². The van der Waals surface area contributed by atoms with Crippen LogP contribution in [0.5, 0.6) is 0 Å². The second-order valence-electron chi connectivity index (χ2n) is 7.97. The van der Waals surface area contributed by atoms with Crippen molar-refractivity contribution in [2.75, 3.05) is 45.0 Å². The van der Waals surface area contributed by atoms with E-state index in [1.165, 1.54) is 44.0 Å². The van der Waals surface area contributed by atoms with Crippen LogP contribution in [0.25, 0.3) is 0 Å². The molecule has 1 aromatic rings. The van der Waals surface area contributed by atoms with Crippen LogP contribution in [0.1, 0.15) is 34.1 Å². The molecule has 1 saturated heterocycles. The van der Waals surface area contributed by atoms with Crippen LogP contribution in [0, 0.1) is 5.92 Å². The third-order valence-corrected chi connectivity index (χ3v) is 5.90. The summed E-state index contributed by atoms with van der Waals surface area (Å²) in [6.07, 6.45) is 1.32. The molecule has 1 aliphatic rings. The van der Waals surface area contributed by atoms with Crippen LogP contribution in [0.15, 0.2) is 35.2 Å². The fourth-order valence-electron chi connectivity index (χ4n) is 3.29. The van der Waals surface area contributed by atoms with E-state index < -0.39 is 0 Å². The minimum absolute atomic E-state index is 0.536. The molecule has 1 atom stereocenters. The van der Waals surface area contributed by atoms with Gasteiger partial charge in [0.25, 0.3) is 0 Å². The Bertz CT molecular complexity index is 455. The van der Waals surface area contributed by atoms with Gasteiger partial charge in [0.1, 0.15) is 0 Å². The Labute approximate surface area is 159 Å². The average Bonchev–Trinajstić information content (AvgIpc) is 2.59. The van der Waals surface area contributed by atoms with Crippen molar-refractivity contribution in [3.8, 4) is 0 Å². The Morgan fingerprint density at radius 3 is 2.20 bits per heavy atom. The zero-order valence-electron chi connectivity index (χ0n) is 16.6. The van der Waals surface area contributed by atoms with Crippen LogP contribution < -0.4 is 5.32 Å². The van der Waals surface area contributed by atoms with Gasteiger partial charge in [-0.2, -0.15) is 0 Å². The highest BCUT2D eigenvalue weighted by molar-refractivity contribution is 7.99. The maximum absolute atomic E-state index is 3.77. The van der Waals surface area contributed by atoms with Gasteiger partial charge in [0.15, 0.2) is 0 Å². The van der Waals surface area contributed by atoms with Crippen LogP contribution in [0.3, 0.4) is 0 Å². The van der Waals surface area contributed by atoms with Crippen molar-refractivity contribution < 1.29 is 0 Å². The lowest BCUT2D eigenvalue weighted by Gasteiger charge is -2.37. The predicted octanol–water partition coefficient (Wildman–Crippen LogP) is 3.81. The largest absolute Gasteiger partial charge is 0.310 e. The summed E-state index contributed by atoms with van der Waals surface area (Å²) in [6, 6.07) is 11.9. The van der Waals surface area contributed by atoms with Gasteiger partial charge in [-0.3, -0.25) is 4.90 Å². The third kappa shape index (κ3) is 8.59. The SMILES string of the molecule is CC(C)CCN1CCN(CC(CSc2ccccc2)NC(C)C)CC1. The van der Waals surface area contributed by atoms with Crippen molar-refractivity contribution >= 4 is 11.8 Å². The normalized spacial score (nSPS) is 18.2. The summed E-state index contributed by atoms with van der Waals surface area (Å²) in [7, 11) is 0. The Morgan fingerprint density at radius 1 is 0.960 bits per heavy atom. The van der Waals surface area contributed by atoms with Gasteiger partial charge in [-0.1, -0.05) is 45.9 Å². The van der Waals surface area contributed by atoms with Gasteiger partial charge < -0.3 is 10.2 Å². The topological polar surface area (TPSA) is 18.5 Å². The van der Waals surface area contributed by atoms with Gasteiger partial charge in [-0.25, -0.2) is 0 Å². The molecule has 1 aliphatic heterocycles. The van der Waals surface area contributed by atoms with Crippen molar-refractivity contribution in [3.63, 3.8) is 0 Å². The zero-order chi connectivity index (χ0) is 18.1. The lowest BCUT2D eigenvalue weighted by molar-refractivity contribution is 0.120. The van der Waals surface area contributed by atoms with E-state index in [9.17, 15) is 0 Å². The van der Waals surface area contributed by atoms with Gasteiger partial charge >= 0.3 is 0 Å². The maximum Gasteiger partial charge on any atom is 0.0291 e. The molecular formula is C21H37N3S. The zero-order valence-corrected chi connectivity index (χ0v) is 17.4. The van der Waals surface area contributed by atoms with Crippen LogP contribution in [0.2, 0.25) is 0 Å². The monoisotopic (exact) mass is 363 g/mol. The molecular weight excluding hydrogens is 326 g/mol. The quantitative estimate of drug-likeness (QED) is 0.637. The van der Waals surface area contributed by atoms with Crippen LogP contribution in [-0.4, -0.2) is 66.9 Å². The molecule has 0 aromatic heterocycles.